The van der Waals surface area contributed by atoms with E-state index in [4.69, 9.17) is 34.8 Å². The molecule has 0 N–H and O–H groups in total. The molecule has 44 valence electrons. The fourth-order valence-electron chi connectivity index (χ4n) is 0.0546. The molecular formula is C2H5Cl3OSi. The van der Waals surface area contributed by atoms with Gasteiger partial charge in [-0.2, -0.15) is 0 Å². The van der Waals surface area contributed by atoms with E-state index in [0.29, 0.717) is 10.5 Å². The first-order chi connectivity index (χ1) is 3.12. The van der Waals surface area contributed by atoms with Crippen LogP contribution in [0.3, 0.4) is 0 Å². The van der Waals surface area contributed by atoms with Gasteiger partial charge in [-0.1, -0.05) is 23.2 Å². The summed E-state index contributed by atoms with van der Waals surface area (Å²) in [6.45, 7) is 0. The molecule has 0 radical (unpaired) electrons. The van der Waals surface area contributed by atoms with Crippen molar-refractivity contribution >= 4 is 45.3 Å². The van der Waals surface area contributed by atoms with Crippen molar-refractivity contribution in [2.24, 2.45) is 0 Å². The molecule has 1 nitrogen and oxygen atoms in total. The average molecular weight is 180 g/mol. The Labute approximate surface area is 60.4 Å². The van der Waals surface area contributed by atoms with Crippen LogP contribution >= 0.6 is 34.8 Å². The molecule has 7 heavy (non-hydrogen) atoms. The number of hydrogen-bond acceptors (Lipinski definition) is 1. The molecule has 0 fully saturated rings. The second-order valence-electron chi connectivity index (χ2n) is 0.975. The Kier molecular flexibility index (Phi) is 3.62. The van der Waals surface area contributed by atoms with Crippen LogP contribution in [-0.4, -0.2) is 20.9 Å². The summed E-state index contributed by atoms with van der Waals surface area (Å²) in [5, 5.41) is 0. The third kappa shape index (κ3) is 3.61. The van der Waals surface area contributed by atoms with Gasteiger partial charge in [0.25, 0.3) is 0 Å². The van der Waals surface area contributed by atoms with Gasteiger partial charge in [0.05, 0.1) is 5.88 Å². The average Bonchev–Trinajstić information content (AvgIpc) is 1.68. The van der Waals surface area contributed by atoms with Gasteiger partial charge in [-0.3, -0.25) is 0 Å². The van der Waals surface area contributed by atoms with Crippen LogP contribution in [0.4, 0.5) is 0 Å². The maximum Gasteiger partial charge on any atom is 0.221 e. The summed E-state index contributed by atoms with van der Waals surface area (Å²) in [4.78, 5) is 0. The SMILES string of the molecule is [SiH3]OC(Cl)(Cl)CCl. The molecule has 0 saturated carbocycles. The summed E-state index contributed by atoms with van der Waals surface area (Å²) < 4.78 is 3.48. The summed E-state index contributed by atoms with van der Waals surface area (Å²) in [7, 11) is 0.509. The van der Waals surface area contributed by atoms with E-state index in [0.717, 1.165) is 0 Å². The molecule has 0 aromatic rings. The van der Waals surface area contributed by atoms with Crippen molar-refractivity contribution in [1.82, 2.24) is 0 Å². The van der Waals surface area contributed by atoms with E-state index in [1.165, 1.54) is 0 Å². The van der Waals surface area contributed by atoms with Crippen LogP contribution < -0.4 is 0 Å². The van der Waals surface area contributed by atoms with Crippen molar-refractivity contribution in [2.45, 2.75) is 4.52 Å². The highest BCUT2D eigenvalue weighted by atomic mass is 35.5. The van der Waals surface area contributed by atoms with E-state index >= 15 is 0 Å². The topological polar surface area (TPSA) is 9.23 Å². The van der Waals surface area contributed by atoms with Crippen LogP contribution in [0.1, 0.15) is 0 Å². The minimum Gasteiger partial charge on any atom is -0.398 e. The maximum absolute atomic E-state index is 5.35. The Bertz CT molecular complexity index is 50.9. The minimum atomic E-state index is -1.15. The fraction of sp³-hybridized carbons (Fsp3) is 1.00. The third-order valence-corrected chi connectivity index (χ3v) is 2.89. The normalized spacial score (nSPS) is 12.4. The molecule has 0 atom stereocenters. The highest BCUT2D eigenvalue weighted by molar-refractivity contribution is 6.51. The van der Waals surface area contributed by atoms with Crippen molar-refractivity contribution in [3.63, 3.8) is 0 Å². The fourth-order valence-corrected chi connectivity index (χ4v) is 0.491. The van der Waals surface area contributed by atoms with E-state index in [-0.39, 0.29) is 5.88 Å². The van der Waals surface area contributed by atoms with Gasteiger partial charge in [0.15, 0.2) is 0 Å². The molecule has 0 heterocycles. The molecule has 0 rings (SSSR count). The van der Waals surface area contributed by atoms with Crippen LogP contribution in [-0.2, 0) is 4.43 Å². The molecule has 0 saturated heterocycles. The van der Waals surface area contributed by atoms with Crippen LogP contribution in [0.2, 0.25) is 0 Å². The van der Waals surface area contributed by atoms with Gasteiger partial charge in [0.1, 0.15) is 10.5 Å². The summed E-state index contributed by atoms with van der Waals surface area (Å²) >= 11 is 15.9. The number of rotatable bonds is 2. The standard InChI is InChI=1S/C2H5Cl3OSi/c3-1-2(4,5)6-7/h1H2,7H3. The van der Waals surface area contributed by atoms with Crippen molar-refractivity contribution in [3.05, 3.63) is 0 Å². The first kappa shape index (κ1) is 8.05. The molecule has 0 unspecified atom stereocenters. The van der Waals surface area contributed by atoms with E-state index in [1.807, 2.05) is 0 Å². The molecule has 0 bridgehead atoms. The molecule has 0 aliphatic carbocycles. The van der Waals surface area contributed by atoms with E-state index in [1.54, 1.807) is 0 Å². The number of alkyl halides is 3. The predicted molar refractivity (Wildman–Crippen MR) is 36.2 cm³/mol. The molecule has 0 amide bonds. The Balaban J connectivity index is 3.36. The van der Waals surface area contributed by atoms with Crippen molar-refractivity contribution in [2.75, 3.05) is 5.88 Å². The van der Waals surface area contributed by atoms with Crippen LogP contribution in [0.25, 0.3) is 0 Å². The van der Waals surface area contributed by atoms with E-state index < -0.39 is 4.52 Å². The second kappa shape index (κ2) is 3.15. The molecule has 0 spiro atoms. The van der Waals surface area contributed by atoms with E-state index in [2.05, 4.69) is 4.43 Å². The first-order valence-electron chi connectivity index (χ1n) is 1.61. The zero-order valence-electron chi connectivity index (χ0n) is 3.75. The molecule has 0 aromatic heterocycles. The minimum absolute atomic E-state index is 0.111. The lowest BCUT2D eigenvalue weighted by Crippen LogP contribution is -2.17. The van der Waals surface area contributed by atoms with Crippen molar-refractivity contribution < 1.29 is 4.43 Å². The lowest BCUT2D eigenvalue weighted by Gasteiger charge is -2.12. The zero-order valence-corrected chi connectivity index (χ0v) is 8.02. The summed E-state index contributed by atoms with van der Waals surface area (Å²) in [5.74, 6) is 0.111. The molecule has 5 heteroatoms. The first-order valence-corrected chi connectivity index (χ1v) is 3.72. The quantitative estimate of drug-likeness (QED) is 0.447. The number of hydrogen-bond donors (Lipinski definition) is 0. The molecular weight excluding hydrogens is 174 g/mol. The summed E-state index contributed by atoms with van der Waals surface area (Å²) in [6.07, 6.45) is 0. The number of halogens is 3. The Morgan fingerprint density at radius 1 is 1.57 bits per heavy atom. The smallest absolute Gasteiger partial charge is 0.221 e. The summed E-state index contributed by atoms with van der Waals surface area (Å²) in [6, 6.07) is 0. The maximum atomic E-state index is 5.35. The van der Waals surface area contributed by atoms with Crippen LogP contribution in [0.15, 0.2) is 0 Å². The van der Waals surface area contributed by atoms with Gasteiger partial charge in [0, 0.05) is 0 Å². The van der Waals surface area contributed by atoms with Crippen molar-refractivity contribution in [1.29, 1.82) is 0 Å². The zero-order chi connectivity index (χ0) is 5.91. The highest BCUT2D eigenvalue weighted by Gasteiger charge is 2.19. The predicted octanol–water partition coefficient (Wildman–Crippen LogP) is 0.654. The van der Waals surface area contributed by atoms with Gasteiger partial charge < -0.3 is 4.43 Å². The lowest BCUT2D eigenvalue weighted by molar-refractivity contribution is 0.293. The Morgan fingerprint density at radius 2 is 2.00 bits per heavy atom. The lowest BCUT2D eigenvalue weighted by atomic mass is 10.8. The largest absolute Gasteiger partial charge is 0.398 e. The van der Waals surface area contributed by atoms with E-state index in [9.17, 15) is 0 Å². The Morgan fingerprint density at radius 3 is 2.00 bits per heavy atom. The molecule has 0 aliphatic heterocycles. The molecule has 0 aromatic carbocycles. The van der Waals surface area contributed by atoms with Gasteiger partial charge >= 0.3 is 0 Å². The second-order valence-corrected chi connectivity index (χ2v) is 3.07. The van der Waals surface area contributed by atoms with Gasteiger partial charge in [-0.05, 0) is 0 Å². The van der Waals surface area contributed by atoms with Crippen molar-refractivity contribution in [3.8, 4) is 0 Å². The highest BCUT2D eigenvalue weighted by Crippen LogP contribution is 2.21. The monoisotopic (exact) mass is 178 g/mol. The van der Waals surface area contributed by atoms with Gasteiger partial charge in [-0.25, -0.2) is 0 Å². The van der Waals surface area contributed by atoms with Gasteiger partial charge in [-0.15, -0.1) is 11.6 Å². The third-order valence-electron chi connectivity index (χ3n) is 0.454. The van der Waals surface area contributed by atoms with Crippen LogP contribution in [0.5, 0.6) is 0 Å². The van der Waals surface area contributed by atoms with Gasteiger partial charge in [0.2, 0.25) is 4.52 Å². The molecule has 0 aliphatic rings. The Hall–Kier alpha value is 1.05. The summed E-state index contributed by atoms with van der Waals surface area (Å²) in [5.41, 5.74) is 0. The van der Waals surface area contributed by atoms with Crippen LogP contribution in [0, 0.1) is 0 Å².